The van der Waals surface area contributed by atoms with Crippen molar-refractivity contribution in [3.63, 3.8) is 0 Å². The van der Waals surface area contributed by atoms with Gasteiger partial charge in [-0.2, -0.15) is 5.10 Å². The van der Waals surface area contributed by atoms with Gasteiger partial charge in [0, 0.05) is 0 Å². The molecular formula is C19H26N4O5. The van der Waals surface area contributed by atoms with Gasteiger partial charge in [0.15, 0.2) is 11.5 Å². The van der Waals surface area contributed by atoms with Gasteiger partial charge in [0.05, 0.1) is 24.2 Å². The van der Waals surface area contributed by atoms with Crippen molar-refractivity contribution >= 4 is 11.6 Å². The van der Waals surface area contributed by atoms with E-state index in [1.165, 1.54) is 6.92 Å². The summed E-state index contributed by atoms with van der Waals surface area (Å²) in [6.07, 6.45) is 1.73. The molecule has 0 spiro atoms. The normalized spacial score (nSPS) is 11.7. The van der Waals surface area contributed by atoms with Gasteiger partial charge >= 0.3 is 5.69 Å². The predicted octanol–water partition coefficient (Wildman–Crippen LogP) is 3.69. The average molecular weight is 390 g/mol. The average Bonchev–Trinajstić information content (AvgIpc) is 3.06. The number of carbonyl (C=O) groups excluding carboxylic acids is 1. The highest BCUT2D eigenvalue weighted by molar-refractivity contribution is 5.96. The van der Waals surface area contributed by atoms with Crippen molar-refractivity contribution in [3.05, 3.63) is 45.3 Å². The van der Waals surface area contributed by atoms with Crippen LogP contribution in [-0.4, -0.2) is 34.2 Å². The van der Waals surface area contributed by atoms with E-state index >= 15 is 0 Å². The Bertz CT molecular complexity index is 834. The van der Waals surface area contributed by atoms with Crippen LogP contribution in [0.25, 0.3) is 0 Å². The molecule has 0 aliphatic heterocycles. The van der Waals surface area contributed by atoms with Gasteiger partial charge in [-0.15, -0.1) is 0 Å². The van der Waals surface area contributed by atoms with E-state index in [4.69, 9.17) is 9.47 Å². The molecule has 0 saturated heterocycles. The monoisotopic (exact) mass is 390 g/mol. The third-order valence-corrected chi connectivity index (χ3v) is 4.05. The fourth-order valence-electron chi connectivity index (χ4n) is 2.60. The molecule has 1 aromatic heterocycles. The molecule has 152 valence electrons. The van der Waals surface area contributed by atoms with E-state index in [1.54, 1.807) is 13.0 Å². The molecule has 1 aromatic carbocycles. The van der Waals surface area contributed by atoms with Crippen LogP contribution in [0.15, 0.2) is 18.2 Å². The van der Waals surface area contributed by atoms with E-state index in [1.807, 2.05) is 26.0 Å². The summed E-state index contributed by atoms with van der Waals surface area (Å²) in [7, 11) is 0. The number of hydrogen-bond acceptors (Lipinski definition) is 6. The highest BCUT2D eigenvalue weighted by Gasteiger charge is 2.28. The molecule has 2 rings (SSSR count). The van der Waals surface area contributed by atoms with Crippen LogP contribution in [0.2, 0.25) is 0 Å². The number of H-pyrrole nitrogens is 1. The molecular weight excluding hydrogens is 364 g/mol. The van der Waals surface area contributed by atoms with Crippen molar-refractivity contribution in [2.24, 2.45) is 0 Å². The summed E-state index contributed by atoms with van der Waals surface area (Å²) in [4.78, 5) is 23.0. The second-order valence-corrected chi connectivity index (χ2v) is 6.40. The lowest BCUT2D eigenvalue weighted by atomic mass is 10.1. The Morgan fingerprint density at radius 2 is 1.89 bits per heavy atom. The number of nitrogens with one attached hydrogen (secondary N) is 2. The summed E-state index contributed by atoms with van der Waals surface area (Å²) in [5.74, 6) is 0.637. The van der Waals surface area contributed by atoms with Gasteiger partial charge in [0.2, 0.25) is 5.69 Å². The quantitative estimate of drug-likeness (QED) is 0.471. The van der Waals surface area contributed by atoms with Gasteiger partial charge < -0.3 is 14.8 Å². The predicted molar refractivity (Wildman–Crippen MR) is 104 cm³/mol. The number of hydrogen-bond donors (Lipinski definition) is 2. The Morgan fingerprint density at radius 3 is 2.50 bits per heavy atom. The Labute approximate surface area is 163 Å². The van der Waals surface area contributed by atoms with Gasteiger partial charge in [-0.3, -0.25) is 20.0 Å². The lowest BCUT2D eigenvalue weighted by Gasteiger charge is -2.17. The highest BCUT2D eigenvalue weighted by Crippen LogP contribution is 2.31. The van der Waals surface area contributed by atoms with Gasteiger partial charge in [0.1, 0.15) is 5.69 Å². The van der Waals surface area contributed by atoms with E-state index in [0.717, 1.165) is 18.4 Å². The third kappa shape index (κ3) is 4.99. The maximum atomic E-state index is 12.5. The molecule has 0 bridgehead atoms. The molecule has 0 saturated carbocycles. The Balaban J connectivity index is 2.20. The first-order valence-electron chi connectivity index (χ1n) is 9.28. The van der Waals surface area contributed by atoms with Gasteiger partial charge in [0.25, 0.3) is 5.91 Å². The zero-order chi connectivity index (χ0) is 20.7. The first-order chi connectivity index (χ1) is 13.4. The molecule has 1 amide bonds. The number of aromatic amines is 1. The summed E-state index contributed by atoms with van der Waals surface area (Å²) in [6.45, 7) is 8.45. The number of nitrogens with zero attached hydrogens (tertiary/aromatic N) is 2. The molecule has 0 radical (unpaired) electrons. The SMILES string of the molecule is CCCOc1ccc(C(C)NC(=O)c2n[nH]c(C)c2[N+](=O)[O-])cc1OCCC. The van der Waals surface area contributed by atoms with Crippen molar-refractivity contribution in [1.29, 1.82) is 0 Å². The summed E-state index contributed by atoms with van der Waals surface area (Å²) >= 11 is 0. The molecule has 1 atom stereocenters. The number of rotatable bonds is 10. The van der Waals surface area contributed by atoms with Crippen molar-refractivity contribution in [2.75, 3.05) is 13.2 Å². The number of benzene rings is 1. The zero-order valence-electron chi connectivity index (χ0n) is 16.6. The highest BCUT2D eigenvalue weighted by atomic mass is 16.6. The van der Waals surface area contributed by atoms with E-state index in [9.17, 15) is 14.9 Å². The molecule has 9 nitrogen and oxygen atoms in total. The Hall–Kier alpha value is -3.10. The van der Waals surface area contributed by atoms with Crippen LogP contribution < -0.4 is 14.8 Å². The summed E-state index contributed by atoms with van der Waals surface area (Å²) in [6, 6.07) is 5.04. The second kappa shape index (κ2) is 9.72. The lowest BCUT2D eigenvalue weighted by Crippen LogP contribution is -2.27. The van der Waals surface area contributed by atoms with Crippen molar-refractivity contribution in [1.82, 2.24) is 15.5 Å². The van der Waals surface area contributed by atoms with E-state index < -0.39 is 16.9 Å². The van der Waals surface area contributed by atoms with E-state index in [2.05, 4.69) is 15.5 Å². The lowest BCUT2D eigenvalue weighted by molar-refractivity contribution is -0.385. The molecule has 1 heterocycles. The van der Waals surface area contributed by atoms with Crippen LogP contribution >= 0.6 is 0 Å². The van der Waals surface area contributed by atoms with Crippen LogP contribution in [-0.2, 0) is 0 Å². The van der Waals surface area contributed by atoms with Crippen LogP contribution in [0, 0.1) is 17.0 Å². The molecule has 0 fully saturated rings. The van der Waals surface area contributed by atoms with Crippen molar-refractivity contribution in [2.45, 2.75) is 46.6 Å². The maximum absolute atomic E-state index is 12.5. The minimum atomic E-state index is -0.620. The molecule has 0 aliphatic carbocycles. The molecule has 2 N–H and O–H groups in total. The summed E-state index contributed by atoms with van der Waals surface area (Å²) in [5.41, 5.74) is 0.466. The van der Waals surface area contributed by atoms with E-state index in [-0.39, 0.29) is 17.1 Å². The molecule has 28 heavy (non-hydrogen) atoms. The number of aromatic nitrogens is 2. The smallest absolute Gasteiger partial charge is 0.322 e. The van der Waals surface area contributed by atoms with Gasteiger partial charge in [-0.05, 0) is 44.4 Å². The summed E-state index contributed by atoms with van der Waals surface area (Å²) < 4.78 is 11.5. The first-order valence-corrected chi connectivity index (χ1v) is 9.28. The van der Waals surface area contributed by atoms with Gasteiger partial charge in [-0.25, -0.2) is 0 Å². The Kier molecular flexibility index (Phi) is 7.36. The van der Waals surface area contributed by atoms with Gasteiger partial charge in [-0.1, -0.05) is 19.9 Å². The largest absolute Gasteiger partial charge is 0.490 e. The standard InChI is InChI=1S/C19H26N4O5/c1-5-9-27-15-8-7-14(11-16(15)28-10-6-2)12(3)20-19(24)17-18(23(25)26)13(4)21-22-17/h7-8,11-12H,5-6,9-10H2,1-4H3,(H,20,24)(H,21,22). The number of ether oxygens (including phenoxy) is 2. The van der Waals surface area contributed by atoms with Crippen LogP contribution in [0.4, 0.5) is 5.69 Å². The molecule has 1 unspecified atom stereocenters. The van der Waals surface area contributed by atoms with Crippen LogP contribution in [0.1, 0.15) is 61.4 Å². The number of amides is 1. The fraction of sp³-hybridized carbons (Fsp3) is 0.474. The molecule has 2 aromatic rings. The van der Waals surface area contributed by atoms with Crippen LogP contribution in [0.5, 0.6) is 11.5 Å². The number of aryl methyl sites for hydroxylation is 1. The van der Waals surface area contributed by atoms with E-state index in [0.29, 0.717) is 24.7 Å². The minimum absolute atomic E-state index is 0.232. The molecule has 9 heteroatoms. The number of nitro groups is 1. The number of carbonyl (C=O) groups is 1. The van der Waals surface area contributed by atoms with Crippen molar-refractivity contribution < 1.29 is 19.2 Å². The fourth-order valence-corrected chi connectivity index (χ4v) is 2.60. The van der Waals surface area contributed by atoms with Crippen LogP contribution in [0.3, 0.4) is 0 Å². The zero-order valence-corrected chi connectivity index (χ0v) is 16.6. The first kappa shape index (κ1) is 21.2. The molecule has 0 aliphatic rings. The Morgan fingerprint density at radius 1 is 1.25 bits per heavy atom. The third-order valence-electron chi connectivity index (χ3n) is 4.05. The summed E-state index contributed by atoms with van der Waals surface area (Å²) in [5, 5.41) is 20.2. The minimum Gasteiger partial charge on any atom is -0.490 e. The topological polar surface area (TPSA) is 119 Å². The maximum Gasteiger partial charge on any atom is 0.322 e. The second-order valence-electron chi connectivity index (χ2n) is 6.40. The van der Waals surface area contributed by atoms with Crippen molar-refractivity contribution in [3.8, 4) is 11.5 Å².